The third kappa shape index (κ3) is 2.91. The number of rotatable bonds is 5. The Balaban J connectivity index is 2.28. The van der Waals surface area contributed by atoms with E-state index in [-0.39, 0.29) is 22.7 Å². The zero-order valence-electron chi connectivity index (χ0n) is 13.2. The van der Waals surface area contributed by atoms with Crippen LogP contribution in [-0.4, -0.2) is 35.7 Å². The lowest BCUT2D eigenvalue weighted by molar-refractivity contribution is -0.137. The zero-order chi connectivity index (χ0) is 18.0. The fraction of sp³-hybridized carbons (Fsp3) is 0.118. The molecular formula is C17H14N2O5S. The van der Waals surface area contributed by atoms with Crippen LogP contribution in [0.1, 0.15) is 17.4 Å². The zero-order valence-corrected chi connectivity index (χ0v) is 14.1. The van der Waals surface area contributed by atoms with Crippen LogP contribution in [0.15, 0.2) is 59.8 Å². The van der Waals surface area contributed by atoms with E-state index in [0.29, 0.717) is 5.39 Å². The van der Waals surface area contributed by atoms with Crippen molar-refractivity contribution in [1.82, 2.24) is 8.96 Å². The molecule has 25 heavy (non-hydrogen) atoms. The van der Waals surface area contributed by atoms with Gasteiger partial charge in [-0.3, -0.25) is 9.78 Å². The van der Waals surface area contributed by atoms with E-state index in [4.69, 9.17) is 4.74 Å². The van der Waals surface area contributed by atoms with Crippen molar-refractivity contribution in [1.29, 1.82) is 0 Å². The number of carbonyl (C=O) groups excluding carboxylic acids is 2. The molecule has 1 aromatic carbocycles. The molecule has 0 aliphatic heterocycles. The van der Waals surface area contributed by atoms with Gasteiger partial charge < -0.3 is 4.74 Å². The van der Waals surface area contributed by atoms with E-state index in [9.17, 15) is 18.0 Å². The number of hydrogen-bond acceptors (Lipinski definition) is 6. The molecular weight excluding hydrogens is 344 g/mol. The van der Waals surface area contributed by atoms with Crippen LogP contribution in [0.4, 0.5) is 0 Å². The van der Waals surface area contributed by atoms with Gasteiger partial charge in [0.25, 0.3) is 15.8 Å². The molecule has 0 aliphatic rings. The summed E-state index contributed by atoms with van der Waals surface area (Å²) in [6.45, 7) is 1.57. The molecule has 3 aromatic rings. The van der Waals surface area contributed by atoms with Crippen molar-refractivity contribution in [3.8, 4) is 0 Å². The summed E-state index contributed by atoms with van der Waals surface area (Å²) in [4.78, 5) is 28.2. The van der Waals surface area contributed by atoms with Crippen LogP contribution in [0.5, 0.6) is 0 Å². The number of nitrogens with zero attached hydrogens (tertiary/aromatic N) is 2. The predicted octanol–water partition coefficient (Wildman–Crippen LogP) is 2.02. The van der Waals surface area contributed by atoms with Crippen molar-refractivity contribution < 1.29 is 22.7 Å². The standard InChI is InChI=1S/C17H14N2O5S/c1-2-24-17(21)16(20)15-10-12-11-18-9-8-14(12)19(15)25(22,23)13-6-4-3-5-7-13/h3-11H,2H2,1H3. The maximum Gasteiger partial charge on any atom is 0.381 e. The highest BCUT2D eigenvalue weighted by atomic mass is 32.2. The van der Waals surface area contributed by atoms with Gasteiger partial charge in [0.05, 0.1) is 17.0 Å². The van der Waals surface area contributed by atoms with Gasteiger partial charge in [-0.05, 0) is 31.2 Å². The first kappa shape index (κ1) is 16.8. The lowest BCUT2D eigenvalue weighted by Gasteiger charge is -2.11. The van der Waals surface area contributed by atoms with Gasteiger partial charge >= 0.3 is 5.97 Å². The molecule has 0 fully saturated rings. The third-order valence-corrected chi connectivity index (χ3v) is 5.27. The Morgan fingerprint density at radius 3 is 2.56 bits per heavy atom. The largest absolute Gasteiger partial charge is 0.460 e. The average Bonchev–Trinajstić information content (AvgIpc) is 3.02. The number of ether oxygens (including phenoxy) is 1. The molecule has 0 spiro atoms. The predicted molar refractivity (Wildman–Crippen MR) is 89.7 cm³/mol. The van der Waals surface area contributed by atoms with Gasteiger partial charge in [0.1, 0.15) is 5.69 Å². The molecule has 0 saturated carbocycles. The highest BCUT2D eigenvalue weighted by molar-refractivity contribution is 7.90. The minimum absolute atomic E-state index is 0.00206. The van der Waals surface area contributed by atoms with E-state index in [1.54, 1.807) is 25.1 Å². The number of Topliss-reactive ketones (excluding diaryl/α,β-unsaturated/α-hetero) is 1. The number of fused-ring (bicyclic) bond motifs is 1. The first-order chi connectivity index (χ1) is 12.0. The fourth-order valence-electron chi connectivity index (χ4n) is 2.45. The molecule has 0 atom stereocenters. The molecule has 0 unspecified atom stereocenters. The van der Waals surface area contributed by atoms with Crippen LogP contribution >= 0.6 is 0 Å². The molecule has 8 heteroatoms. The van der Waals surface area contributed by atoms with Crippen molar-refractivity contribution in [2.24, 2.45) is 0 Å². The van der Waals surface area contributed by atoms with Crippen molar-refractivity contribution >= 4 is 32.7 Å². The van der Waals surface area contributed by atoms with E-state index < -0.39 is 21.8 Å². The second kappa shape index (κ2) is 6.48. The monoisotopic (exact) mass is 358 g/mol. The van der Waals surface area contributed by atoms with E-state index in [1.807, 2.05) is 0 Å². The van der Waals surface area contributed by atoms with Gasteiger partial charge in [-0.2, -0.15) is 0 Å². The van der Waals surface area contributed by atoms with Crippen LogP contribution < -0.4 is 0 Å². The number of ketones is 1. The Bertz CT molecular complexity index is 1060. The first-order valence-corrected chi connectivity index (χ1v) is 8.88. The highest BCUT2D eigenvalue weighted by Crippen LogP contribution is 2.25. The summed E-state index contributed by atoms with van der Waals surface area (Å²) in [6, 6.07) is 10.5. The van der Waals surface area contributed by atoms with E-state index in [0.717, 1.165) is 3.97 Å². The lowest BCUT2D eigenvalue weighted by Crippen LogP contribution is -2.24. The van der Waals surface area contributed by atoms with E-state index in [1.165, 1.54) is 36.7 Å². The maximum atomic E-state index is 13.1. The Kier molecular flexibility index (Phi) is 4.37. The molecule has 0 radical (unpaired) electrons. The van der Waals surface area contributed by atoms with E-state index in [2.05, 4.69) is 4.98 Å². The average molecular weight is 358 g/mol. The molecule has 0 bridgehead atoms. The number of benzene rings is 1. The summed E-state index contributed by atoms with van der Waals surface area (Å²) >= 11 is 0. The quantitative estimate of drug-likeness (QED) is 0.393. The van der Waals surface area contributed by atoms with Gasteiger partial charge in [0.2, 0.25) is 0 Å². The Hall–Kier alpha value is -3.00. The summed E-state index contributed by atoms with van der Waals surface area (Å²) in [6.07, 6.45) is 2.84. The Morgan fingerprint density at radius 1 is 1.16 bits per heavy atom. The van der Waals surface area contributed by atoms with E-state index >= 15 is 0 Å². The summed E-state index contributed by atoms with van der Waals surface area (Å²) in [7, 11) is -4.09. The van der Waals surface area contributed by atoms with Crippen molar-refractivity contribution in [3.63, 3.8) is 0 Å². The molecule has 7 nitrogen and oxygen atoms in total. The molecule has 128 valence electrons. The minimum Gasteiger partial charge on any atom is -0.460 e. The van der Waals surface area contributed by atoms with Crippen molar-refractivity contribution in [2.75, 3.05) is 6.61 Å². The second-order valence-electron chi connectivity index (χ2n) is 5.10. The van der Waals surface area contributed by atoms with Gasteiger partial charge in [0.15, 0.2) is 0 Å². The molecule has 0 amide bonds. The summed E-state index contributed by atoms with van der Waals surface area (Å²) < 4.78 is 31.7. The normalized spacial score (nSPS) is 11.4. The fourth-order valence-corrected chi connectivity index (χ4v) is 3.98. The number of pyridine rings is 1. The topological polar surface area (TPSA) is 95.3 Å². The highest BCUT2D eigenvalue weighted by Gasteiger charge is 2.30. The van der Waals surface area contributed by atoms with Crippen LogP contribution in [-0.2, 0) is 19.6 Å². The Morgan fingerprint density at radius 2 is 1.88 bits per heavy atom. The molecule has 0 aliphatic carbocycles. The first-order valence-electron chi connectivity index (χ1n) is 7.44. The lowest BCUT2D eigenvalue weighted by atomic mass is 10.2. The smallest absolute Gasteiger partial charge is 0.381 e. The molecule has 2 aromatic heterocycles. The number of hydrogen-bond donors (Lipinski definition) is 0. The van der Waals surface area contributed by atoms with Crippen LogP contribution in [0.25, 0.3) is 10.9 Å². The molecule has 3 rings (SSSR count). The van der Waals surface area contributed by atoms with Gasteiger partial charge in [-0.15, -0.1) is 0 Å². The summed E-state index contributed by atoms with van der Waals surface area (Å²) in [5.74, 6) is -2.14. The summed E-state index contributed by atoms with van der Waals surface area (Å²) in [5, 5.41) is 0.426. The third-order valence-electron chi connectivity index (χ3n) is 3.53. The second-order valence-corrected chi connectivity index (χ2v) is 6.88. The summed E-state index contributed by atoms with van der Waals surface area (Å²) in [5.41, 5.74) is -0.0307. The van der Waals surface area contributed by atoms with Crippen LogP contribution in [0.2, 0.25) is 0 Å². The number of esters is 1. The molecule has 2 heterocycles. The SMILES string of the molecule is CCOC(=O)C(=O)c1cc2cnccc2n1S(=O)(=O)c1ccccc1. The van der Waals surface area contributed by atoms with Gasteiger partial charge in [0, 0.05) is 17.8 Å². The number of aromatic nitrogens is 2. The van der Waals surface area contributed by atoms with Crippen LogP contribution in [0.3, 0.4) is 0 Å². The molecule has 0 saturated heterocycles. The van der Waals surface area contributed by atoms with Gasteiger partial charge in [-0.1, -0.05) is 18.2 Å². The Labute approximate surface area is 143 Å². The minimum atomic E-state index is -4.09. The maximum absolute atomic E-state index is 13.1. The van der Waals surface area contributed by atoms with Crippen molar-refractivity contribution in [3.05, 3.63) is 60.6 Å². The van der Waals surface area contributed by atoms with Crippen molar-refractivity contribution in [2.45, 2.75) is 11.8 Å². The van der Waals surface area contributed by atoms with Crippen LogP contribution in [0, 0.1) is 0 Å². The van der Waals surface area contributed by atoms with Gasteiger partial charge in [-0.25, -0.2) is 17.2 Å². The molecule has 0 N–H and O–H groups in total. The number of carbonyl (C=O) groups is 2.